The maximum absolute atomic E-state index is 11.5. The Labute approximate surface area is 116 Å². The lowest BCUT2D eigenvalue weighted by Crippen LogP contribution is -2.11. The van der Waals surface area contributed by atoms with Gasteiger partial charge in [0.1, 0.15) is 11.3 Å². The number of rotatable bonds is 3. The van der Waals surface area contributed by atoms with Crippen LogP contribution in [0.5, 0.6) is 0 Å². The Hall–Kier alpha value is -2.69. The second-order valence-electron chi connectivity index (χ2n) is 4.37. The number of aromatic nitrogens is 3. The molecule has 2 aromatic heterocycles. The number of hydrogen-bond donors (Lipinski definition) is 1. The smallest absolute Gasteiger partial charge is 0.251 e. The summed E-state index contributed by atoms with van der Waals surface area (Å²) in [5, 5.41) is 0. The molecule has 0 saturated carbocycles. The van der Waals surface area contributed by atoms with E-state index in [0.29, 0.717) is 11.1 Å². The first kappa shape index (κ1) is 12.3. The number of imidazole rings is 1. The van der Waals surface area contributed by atoms with Crippen LogP contribution >= 0.6 is 0 Å². The third-order valence-electron chi connectivity index (χ3n) is 3.21. The summed E-state index contributed by atoms with van der Waals surface area (Å²) in [6.07, 6.45) is 3.44. The first-order valence-corrected chi connectivity index (χ1v) is 6.33. The van der Waals surface area contributed by atoms with Gasteiger partial charge in [-0.15, -0.1) is 0 Å². The maximum atomic E-state index is 11.5. The monoisotopic (exact) mass is 265 g/mol. The van der Waals surface area contributed by atoms with E-state index in [9.17, 15) is 4.79 Å². The second kappa shape index (κ2) is 4.77. The summed E-state index contributed by atoms with van der Waals surface area (Å²) in [7, 11) is 0. The zero-order chi connectivity index (χ0) is 14.1. The van der Waals surface area contributed by atoms with E-state index in [0.717, 1.165) is 23.4 Å². The van der Waals surface area contributed by atoms with Crippen molar-refractivity contribution in [2.75, 3.05) is 0 Å². The topological polar surface area (TPSA) is 73.8 Å². The number of aryl methyl sites for hydroxylation is 1. The van der Waals surface area contributed by atoms with E-state index in [1.807, 2.05) is 29.7 Å². The SMILES string of the molecule is CCn1c(-c2ccncc2)nc2c(C(N)=O)[c]ccc21. The highest BCUT2D eigenvalue weighted by Gasteiger charge is 2.16. The van der Waals surface area contributed by atoms with E-state index < -0.39 is 5.91 Å². The first-order chi connectivity index (χ1) is 9.72. The number of carbonyl (C=O) groups is 1. The normalized spacial score (nSPS) is 10.8. The summed E-state index contributed by atoms with van der Waals surface area (Å²) in [4.78, 5) is 20.1. The fourth-order valence-corrected chi connectivity index (χ4v) is 2.32. The molecule has 0 atom stereocenters. The largest absolute Gasteiger partial charge is 0.366 e. The van der Waals surface area contributed by atoms with Gasteiger partial charge in [0.2, 0.25) is 0 Å². The number of nitrogens with two attached hydrogens (primary N) is 1. The number of carbonyl (C=O) groups excluding carboxylic acids is 1. The molecule has 0 aliphatic rings. The minimum atomic E-state index is -0.516. The standard InChI is InChI=1S/C15H13N4O/c1-2-19-12-5-3-4-11(14(16)20)13(12)18-15(19)10-6-8-17-9-7-10/h3,5-9H,2H2,1H3,(H2,16,20). The van der Waals surface area contributed by atoms with Crippen molar-refractivity contribution in [1.82, 2.24) is 14.5 Å². The lowest BCUT2D eigenvalue weighted by molar-refractivity contribution is 0.100. The van der Waals surface area contributed by atoms with Gasteiger partial charge in [-0.25, -0.2) is 4.98 Å². The van der Waals surface area contributed by atoms with Gasteiger partial charge in [-0.05, 0) is 31.2 Å². The third kappa shape index (κ3) is 1.84. The Bertz CT molecular complexity index is 777. The van der Waals surface area contributed by atoms with Gasteiger partial charge in [0.05, 0.1) is 11.1 Å². The molecule has 0 fully saturated rings. The van der Waals surface area contributed by atoms with Crippen LogP contribution in [0, 0.1) is 6.07 Å². The van der Waals surface area contributed by atoms with Gasteiger partial charge < -0.3 is 10.3 Å². The molecule has 0 bridgehead atoms. The molecule has 0 aliphatic heterocycles. The summed E-state index contributed by atoms with van der Waals surface area (Å²) in [6, 6.07) is 10.2. The summed E-state index contributed by atoms with van der Waals surface area (Å²) < 4.78 is 2.05. The molecule has 2 heterocycles. The van der Waals surface area contributed by atoms with Crippen LogP contribution in [0.15, 0.2) is 36.7 Å². The van der Waals surface area contributed by atoms with Crippen molar-refractivity contribution in [2.24, 2.45) is 5.73 Å². The molecular weight excluding hydrogens is 252 g/mol. The molecule has 20 heavy (non-hydrogen) atoms. The number of fused-ring (bicyclic) bond motifs is 1. The molecule has 3 aromatic rings. The highest BCUT2D eigenvalue weighted by Crippen LogP contribution is 2.26. The fourth-order valence-electron chi connectivity index (χ4n) is 2.32. The van der Waals surface area contributed by atoms with Gasteiger partial charge in [-0.3, -0.25) is 9.78 Å². The number of hydrogen-bond acceptors (Lipinski definition) is 3. The Kier molecular flexibility index (Phi) is 2.95. The van der Waals surface area contributed by atoms with Crippen LogP contribution in [0.25, 0.3) is 22.4 Å². The van der Waals surface area contributed by atoms with Crippen LogP contribution in [0.1, 0.15) is 17.3 Å². The molecule has 0 aliphatic carbocycles. The Morgan fingerprint density at radius 1 is 1.35 bits per heavy atom. The Morgan fingerprint density at radius 2 is 2.10 bits per heavy atom. The van der Waals surface area contributed by atoms with Crippen LogP contribution in [0.2, 0.25) is 0 Å². The van der Waals surface area contributed by atoms with E-state index >= 15 is 0 Å². The summed E-state index contributed by atoms with van der Waals surface area (Å²) in [5.41, 5.74) is 8.14. The van der Waals surface area contributed by atoms with Crippen molar-refractivity contribution in [2.45, 2.75) is 13.5 Å². The summed E-state index contributed by atoms with van der Waals surface area (Å²) in [5.74, 6) is 0.282. The molecule has 1 radical (unpaired) electrons. The number of pyridine rings is 1. The first-order valence-electron chi connectivity index (χ1n) is 6.33. The van der Waals surface area contributed by atoms with E-state index in [1.54, 1.807) is 18.5 Å². The van der Waals surface area contributed by atoms with Gasteiger partial charge in [0.15, 0.2) is 0 Å². The van der Waals surface area contributed by atoms with E-state index in [1.165, 1.54) is 0 Å². The predicted octanol–water partition coefficient (Wildman–Crippen LogP) is 2.02. The zero-order valence-electron chi connectivity index (χ0n) is 11.0. The molecule has 99 valence electrons. The van der Waals surface area contributed by atoms with Gasteiger partial charge in [-0.1, -0.05) is 6.07 Å². The average Bonchev–Trinajstić information content (AvgIpc) is 2.86. The molecule has 5 nitrogen and oxygen atoms in total. The van der Waals surface area contributed by atoms with E-state index in [-0.39, 0.29) is 0 Å². The number of nitrogens with zero attached hydrogens (tertiary/aromatic N) is 3. The van der Waals surface area contributed by atoms with Gasteiger partial charge in [0.25, 0.3) is 5.91 Å². The quantitative estimate of drug-likeness (QED) is 0.787. The molecule has 1 aromatic carbocycles. The number of benzene rings is 1. The molecular formula is C15H13N4O. The number of amides is 1. The maximum Gasteiger partial charge on any atom is 0.251 e. The molecule has 0 saturated heterocycles. The van der Waals surface area contributed by atoms with Crippen molar-refractivity contribution in [3.63, 3.8) is 0 Å². The summed E-state index contributed by atoms with van der Waals surface area (Å²) in [6.45, 7) is 2.78. The minimum absolute atomic E-state index is 0.324. The van der Waals surface area contributed by atoms with Crippen molar-refractivity contribution < 1.29 is 4.79 Å². The van der Waals surface area contributed by atoms with Crippen LogP contribution in [0.4, 0.5) is 0 Å². The fraction of sp³-hybridized carbons (Fsp3) is 0.133. The van der Waals surface area contributed by atoms with Crippen molar-refractivity contribution >= 4 is 16.9 Å². The van der Waals surface area contributed by atoms with Crippen molar-refractivity contribution in [3.05, 3.63) is 48.3 Å². The van der Waals surface area contributed by atoms with E-state index in [2.05, 4.69) is 16.0 Å². The molecule has 5 heteroatoms. The predicted molar refractivity (Wildman–Crippen MR) is 76.0 cm³/mol. The average molecular weight is 265 g/mol. The highest BCUT2D eigenvalue weighted by atomic mass is 16.1. The zero-order valence-corrected chi connectivity index (χ0v) is 11.0. The lowest BCUT2D eigenvalue weighted by Gasteiger charge is -2.05. The van der Waals surface area contributed by atoms with Gasteiger partial charge >= 0.3 is 0 Å². The number of primary amides is 1. The lowest BCUT2D eigenvalue weighted by atomic mass is 10.2. The minimum Gasteiger partial charge on any atom is -0.366 e. The summed E-state index contributed by atoms with van der Waals surface area (Å²) >= 11 is 0. The Morgan fingerprint density at radius 3 is 2.75 bits per heavy atom. The van der Waals surface area contributed by atoms with Gasteiger partial charge in [-0.2, -0.15) is 0 Å². The van der Waals surface area contributed by atoms with Gasteiger partial charge in [0, 0.05) is 24.5 Å². The van der Waals surface area contributed by atoms with E-state index in [4.69, 9.17) is 5.73 Å². The molecule has 3 rings (SSSR count). The van der Waals surface area contributed by atoms with Crippen LogP contribution in [-0.2, 0) is 6.54 Å². The van der Waals surface area contributed by atoms with Crippen molar-refractivity contribution in [1.29, 1.82) is 0 Å². The third-order valence-corrected chi connectivity index (χ3v) is 3.21. The highest BCUT2D eigenvalue weighted by molar-refractivity contribution is 6.04. The Balaban J connectivity index is 2.34. The van der Waals surface area contributed by atoms with Crippen LogP contribution < -0.4 is 5.73 Å². The van der Waals surface area contributed by atoms with Crippen LogP contribution in [0.3, 0.4) is 0 Å². The molecule has 2 N–H and O–H groups in total. The molecule has 1 amide bonds. The molecule has 0 spiro atoms. The van der Waals surface area contributed by atoms with Crippen LogP contribution in [-0.4, -0.2) is 20.4 Å². The van der Waals surface area contributed by atoms with Crippen molar-refractivity contribution in [3.8, 4) is 11.4 Å². The second-order valence-corrected chi connectivity index (χ2v) is 4.37. The molecule has 0 unspecified atom stereocenters.